The predicted molar refractivity (Wildman–Crippen MR) is 98.2 cm³/mol. The van der Waals surface area contributed by atoms with E-state index in [-0.39, 0.29) is 18.4 Å². The van der Waals surface area contributed by atoms with Crippen molar-refractivity contribution < 1.29 is 26.4 Å². The Bertz CT molecular complexity index is 682. The van der Waals surface area contributed by atoms with Crippen LogP contribution in [0.4, 0.5) is 5.69 Å². The number of nitrogens with zero attached hydrogens (tertiary/aromatic N) is 2. The van der Waals surface area contributed by atoms with Crippen LogP contribution in [0.25, 0.3) is 0 Å². The molecule has 0 atom stereocenters. The number of esters is 1. The van der Waals surface area contributed by atoms with E-state index in [2.05, 4.69) is 39.7 Å². The summed E-state index contributed by atoms with van der Waals surface area (Å²) in [5, 5.41) is 0. The van der Waals surface area contributed by atoms with Crippen LogP contribution in [0, 0.1) is 0 Å². The van der Waals surface area contributed by atoms with E-state index in [0.29, 0.717) is 22.6 Å². The number of benzene rings is 1. The Balaban J connectivity index is 0.00000312. The lowest BCUT2D eigenvalue weighted by molar-refractivity contribution is -0.0000241. The van der Waals surface area contributed by atoms with Crippen LogP contribution >= 0.6 is 15.9 Å². The Labute approximate surface area is 162 Å². The van der Waals surface area contributed by atoms with Gasteiger partial charge in [0.05, 0.1) is 17.5 Å². The monoisotopic (exact) mass is 427 g/mol. The van der Waals surface area contributed by atoms with E-state index in [1.54, 1.807) is 36.5 Å². The third-order valence-electron chi connectivity index (χ3n) is 3.57. The highest BCUT2D eigenvalue weighted by molar-refractivity contribution is 9.10. The largest absolute Gasteiger partial charge is 1.00 e. The minimum Gasteiger partial charge on any atom is -1.00 e. The summed E-state index contributed by atoms with van der Waals surface area (Å²) in [7, 11) is 0. The molecule has 0 spiro atoms. The van der Waals surface area contributed by atoms with Gasteiger partial charge in [-0.15, -0.1) is 0 Å². The third-order valence-corrected chi connectivity index (χ3v) is 4.00. The van der Waals surface area contributed by atoms with Gasteiger partial charge in [0, 0.05) is 6.54 Å². The number of carbonyl (C=O) groups is 1. The van der Waals surface area contributed by atoms with Crippen LogP contribution in [0.3, 0.4) is 0 Å². The number of aliphatic imine (C=N–C) groups is 1. The Kier molecular flexibility index (Phi) is 9.49. The number of furan rings is 1. The van der Waals surface area contributed by atoms with Crippen LogP contribution in [0.1, 0.15) is 30.0 Å². The van der Waals surface area contributed by atoms with Crippen LogP contribution in [0.5, 0.6) is 0 Å². The molecular weight excluding hydrogens is 408 g/mol. The van der Waals surface area contributed by atoms with Gasteiger partial charge in [-0.1, -0.05) is 13.8 Å². The Hall–Kier alpha value is -1.63. The van der Waals surface area contributed by atoms with Crippen molar-refractivity contribution in [2.75, 3.05) is 26.2 Å². The fourth-order valence-corrected chi connectivity index (χ4v) is 2.43. The number of ether oxygens (including phenoxy) is 1. The van der Waals surface area contributed by atoms with Gasteiger partial charge in [-0.3, -0.25) is 4.99 Å². The van der Waals surface area contributed by atoms with Crippen molar-refractivity contribution in [1.82, 2.24) is 4.90 Å². The fourth-order valence-electron chi connectivity index (χ4n) is 2.11. The maximum atomic E-state index is 12.0. The van der Waals surface area contributed by atoms with Gasteiger partial charge >= 0.3 is 5.97 Å². The van der Waals surface area contributed by atoms with Crippen LogP contribution in [-0.2, 0) is 4.74 Å². The maximum Gasteiger partial charge on any atom is 0.338 e. The summed E-state index contributed by atoms with van der Waals surface area (Å²) in [5.41, 5.74) is 1.26. The van der Waals surface area contributed by atoms with Gasteiger partial charge in [0.15, 0.2) is 4.67 Å². The van der Waals surface area contributed by atoms with Crippen molar-refractivity contribution in [3.05, 3.63) is 52.4 Å². The van der Waals surface area contributed by atoms with Gasteiger partial charge in [0.25, 0.3) is 0 Å². The SMILES string of the molecule is CCN(CC)CCOC(=O)c1ccc(N=Cc2ccc(Br)o2)cc1.[Cl-]. The quantitative estimate of drug-likeness (QED) is 0.470. The van der Waals surface area contributed by atoms with Gasteiger partial charge in [-0.05, 0) is 65.4 Å². The van der Waals surface area contributed by atoms with E-state index >= 15 is 0 Å². The highest BCUT2D eigenvalue weighted by Gasteiger charge is 2.07. The van der Waals surface area contributed by atoms with Gasteiger partial charge in [0.2, 0.25) is 0 Å². The highest BCUT2D eigenvalue weighted by atomic mass is 79.9. The van der Waals surface area contributed by atoms with Crippen LogP contribution in [-0.4, -0.2) is 43.3 Å². The molecular formula is C18H21BrClN2O3-. The van der Waals surface area contributed by atoms with Crippen molar-refractivity contribution in [2.45, 2.75) is 13.8 Å². The first-order valence-electron chi connectivity index (χ1n) is 7.91. The molecule has 25 heavy (non-hydrogen) atoms. The summed E-state index contributed by atoms with van der Waals surface area (Å²) in [6.07, 6.45) is 1.63. The van der Waals surface area contributed by atoms with Crippen LogP contribution in [0.2, 0.25) is 0 Å². The Morgan fingerprint density at radius 2 is 1.88 bits per heavy atom. The summed E-state index contributed by atoms with van der Waals surface area (Å²) >= 11 is 3.24. The molecule has 5 nitrogen and oxygen atoms in total. The summed E-state index contributed by atoms with van der Waals surface area (Å²) in [4.78, 5) is 18.5. The molecule has 0 radical (unpaired) electrons. The van der Waals surface area contributed by atoms with E-state index in [9.17, 15) is 4.79 Å². The lowest BCUT2D eigenvalue weighted by atomic mass is 10.2. The van der Waals surface area contributed by atoms with Crippen molar-refractivity contribution >= 4 is 33.8 Å². The number of hydrogen-bond donors (Lipinski definition) is 0. The number of carbonyl (C=O) groups excluding carboxylic acids is 1. The molecule has 7 heteroatoms. The van der Waals surface area contributed by atoms with E-state index in [0.717, 1.165) is 25.3 Å². The van der Waals surface area contributed by atoms with Gasteiger partial charge in [-0.25, -0.2) is 4.79 Å². The van der Waals surface area contributed by atoms with Gasteiger partial charge < -0.3 is 26.5 Å². The van der Waals surface area contributed by atoms with Gasteiger partial charge in [-0.2, -0.15) is 0 Å². The lowest BCUT2D eigenvalue weighted by Gasteiger charge is -2.17. The molecule has 136 valence electrons. The summed E-state index contributed by atoms with van der Waals surface area (Å²) in [5.74, 6) is 0.342. The molecule has 0 aliphatic carbocycles. The van der Waals surface area contributed by atoms with Gasteiger partial charge in [0.1, 0.15) is 12.4 Å². The molecule has 0 bridgehead atoms. The first kappa shape index (κ1) is 21.4. The first-order chi connectivity index (χ1) is 11.6. The molecule has 2 aromatic rings. The Morgan fingerprint density at radius 3 is 2.44 bits per heavy atom. The maximum absolute atomic E-state index is 12.0. The van der Waals surface area contributed by atoms with E-state index in [1.165, 1.54) is 0 Å². The molecule has 0 saturated carbocycles. The zero-order chi connectivity index (χ0) is 17.4. The fraction of sp³-hybridized carbons (Fsp3) is 0.333. The second kappa shape index (κ2) is 11.1. The van der Waals surface area contributed by atoms with Crippen molar-refractivity contribution in [3.8, 4) is 0 Å². The Morgan fingerprint density at radius 1 is 1.20 bits per heavy atom. The standard InChI is InChI=1S/C18H21BrN2O3.ClH/c1-3-21(4-2)11-12-23-18(22)14-5-7-15(8-6-14)20-13-16-9-10-17(19)24-16;/h5-10,13H,3-4,11-12H2,1-2H3;1H/p-1. The summed E-state index contributed by atoms with van der Waals surface area (Å²) in [6, 6.07) is 10.6. The smallest absolute Gasteiger partial charge is 0.338 e. The molecule has 0 fully saturated rings. The lowest BCUT2D eigenvalue weighted by Crippen LogP contribution is -3.00. The number of likely N-dealkylation sites (N-methyl/N-ethyl adjacent to an activating group) is 1. The minimum atomic E-state index is -0.312. The molecule has 0 aliphatic heterocycles. The molecule has 1 heterocycles. The first-order valence-corrected chi connectivity index (χ1v) is 8.70. The minimum absolute atomic E-state index is 0. The van der Waals surface area contributed by atoms with E-state index < -0.39 is 0 Å². The van der Waals surface area contributed by atoms with Crippen molar-refractivity contribution in [1.29, 1.82) is 0 Å². The average molecular weight is 429 g/mol. The third kappa shape index (κ3) is 7.02. The van der Waals surface area contributed by atoms with Crippen LogP contribution in [0.15, 0.2) is 50.5 Å². The zero-order valence-electron chi connectivity index (χ0n) is 14.2. The molecule has 1 aromatic carbocycles. The second-order valence-electron chi connectivity index (χ2n) is 5.11. The molecule has 0 amide bonds. The molecule has 0 saturated heterocycles. The molecule has 0 unspecified atom stereocenters. The molecule has 0 N–H and O–H groups in total. The normalized spacial score (nSPS) is 10.9. The average Bonchev–Trinajstić information content (AvgIpc) is 3.02. The summed E-state index contributed by atoms with van der Waals surface area (Å²) < 4.78 is 11.3. The highest BCUT2D eigenvalue weighted by Crippen LogP contribution is 2.16. The summed E-state index contributed by atoms with van der Waals surface area (Å²) in [6.45, 7) is 7.23. The van der Waals surface area contributed by atoms with Crippen LogP contribution < -0.4 is 12.4 Å². The van der Waals surface area contributed by atoms with Crippen molar-refractivity contribution in [2.24, 2.45) is 4.99 Å². The topological polar surface area (TPSA) is 55.0 Å². The number of hydrogen-bond acceptors (Lipinski definition) is 5. The molecule has 1 aromatic heterocycles. The predicted octanol–water partition coefficient (Wildman–Crippen LogP) is 1.30. The number of halogens is 2. The van der Waals surface area contributed by atoms with E-state index in [1.807, 2.05) is 6.07 Å². The molecule has 0 aliphatic rings. The van der Waals surface area contributed by atoms with Crippen molar-refractivity contribution in [3.63, 3.8) is 0 Å². The second-order valence-corrected chi connectivity index (χ2v) is 5.89. The number of rotatable bonds is 8. The van der Waals surface area contributed by atoms with E-state index in [4.69, 9.17) is 9.15 Å². The molecule has 2 rings (SSSR count). The zero-order valence-corrected chi connectivity index (χ0v) is 16.6.